The van der Waals surface area contributed by atoms with Gasteiger partial charge in [-0.15, -0.1) is 0 Å². The first-order valence-electron chi connectivity index (χ1n) is 13.1. The molecule has 3 heterocycles. The molecular weight excluding hydrogens is 456 g/mol. The van der Waals surface area contributed by atoms with Crippen LogP contribution in [0.5, 0.6) is 0 Å². The number of nitrogens with zero attached hydrogens (tertiary/aromatic N) is 4. The monoisotopic (exact) mass is 490 g/mol. The molecule has 0 saturated heterocycles. The predicted molar refractivity (Wildman–Crippen MR) is 154 cm³/mol. The molecule has 4 aromatic rings. The minimum Gasteiger partial charge on any atom is -0.454 e. The van der Waals surface area contributed by atoms with E-state index >= 15 is 0 Å². The van der Waals surface area contributed by atoms with Crippen LogP contribution in [0.1, 0.15) is 64.0 Å². The zero-order valence-corrected chi connectivity index (χ0v) is 22.4. The van der Waals surface area contributed by atoms with E-state index in [1.165, 1.54) is 16.8 Å². The van der Waals surface area contributed by atoms with Gasteiger partial charge in [0.1, 0.15) is 11.3 Å². The van der Waals surface area contributed by atoms with E-state index in [9.17, 15) is 0 Å². The van der Waals surface area contributed by atoms with Gasteiger partial charge in [0, 0.05) is 21.8 Å². The van der Waals surface area contributed by atoms with Crippen molar-refractivity contribution < 1.29 is 4.42 Å². The molecule has 0 spiro atoms. The quantitative estimate of drug-likeness (QED) is 0.279. The van der Waals surface area contributed by atoms with Crippen LogP contribution in [-0.2, 0) is 10.8 Å². The Morgan fingerprint density at radius 1 is 0.703 bits per heavy atom. The molecule has 0 N–H and O–H groups in total. The van der Waals surface area contributed by atoms with E-state index in [1.807, 2.05) is 24.6 Å². The minimum absolute atomic E-state index is 0.0192. The third kappa shape index (κ3) is 3.59. The summed E-state index contributed by atoms with van der Waals surface area (Å²) in [6.07, 6.45) is 3.75. The molecule has 2 unspecified atom stereocenters. The smallest absolute Gasteiger partial charge is 0.148 e. The summed E-state index contributed by atoms with van der Waals surface area (Å²) in [5.74, 6) is 0.728. The number of anilines is 2. The molecule has 0 fully saturated rings. The van der Waals surface area contributed by atoms with E-state index < -0.39 is 0 Å². The van der Waals surface area contributed by atoms with Crippen molar-refractivity contribution >= 4 is 34.8 Å². The van der Waals surface area contributed by atoms with Gasteiger partial charge in [0.2, 0.25) is 0 Å². The maximum Gasteiger partial charge on any atom is 0.148 e. The number of benzene rings is 3. The molecule has 6 rings (SSSR count). The summed E-state index contributed by atoms with van der Waals surface area (Å²) in [5.41, 5.74) is 6.79. The first-order chi connectivity index (χ1) is 17.7. The average Bonchev–Trinajstić information content (AvgIpc) is 3.46. The average molecular weight is 491 g/mol. The van der Waals surface area contributed by atoms with Crippen molar-refractivity contribution in [3.05, 3.63) is 95.2 Å². The molecule has 0 radical (unpaired) electrons. The Kier molecular flexibility index (Phi) is 5.30. The van der Waals surface area contributed by atoms with Crippen LogP contribution in [-0.4, -0.2) is 24.5 Å². The normalized spacial score (nSPS) is 21.9. The maximum atomic E-state index is 6.30. The summed E-state index contributed by atoms with van der Waals surface area (Å²) in [6, 6.07) is 25.8. The largest absolute Gasteiger partial charge is 0.454 e. The number of hydrazone groups is 2. The number of para-hydroxylation sites is 3. The predicted octanol–water partition coefficient (Wildman–Crippen LogP) is 7.47. The van der Waals surface area contributed by atoms with Crippen molar-refractivity contribution in [2.75, 3.05) is 10.0 Å². The van der Waals surface area contributed by atoms with Crippen molar-refractivity contribution in [2.45, 2.75) is 64.5 Å². The van der Waals surface area contributed by atoms with E-state index in [4.69, 9.17) is 14.6 Å². The SMILES string of the molecule is CC1N(N=Cc2cc3cccc(C=NN4c5ccccc5C(C)(C)C4C)c3o2)c2ccccc2C1(C)C. The Hall–Kier alpha value is -3.86. The first kappa shape index (κ1) is 23.5. The maximum absolute atomic E-state index is 6.30. The van der Waals surface area contributed by atoms with Crippen molar-refractivity contribution in [2.24, 2.45) is 10.2 Å². The molecule has 5 heteroatoms. The van der Waals surface area contributed by atoms with Gasteiger partial charge in [-0.25, -0.2) is 0 Å². The topological polar surface area (TPSA) is 44.3 Å². The lowest BCUT2D eigenvalue weighted by Gasteiger charge is -2.27. The summed E-state index contributed by atoms with van der Waals surface area (Å²) >= 11 is 0. The van der Waals surface area contributed by atoms with E-state index in [0.29, 0.717) is 0 Å². The van der Waals surface area contributed by atoms with Gasteiger partial charge < -0.3 is 4.42 Å². The van der Waals surface area contributed by atoms with Gasteiger partial charge in [-0.05, 0) is 49.2 Å². The Morgan fingerprint density at radius 3 is 1.84 bits per heavy atom. The summed E-state index contributed by atoms with van der Waals surface area (Å²) in [4.78, 5) is 0. The van der Waals surface area contributed by atoms with Crippen LogP contribution in [0.15, 0.2) is 87.4 Å². The third-order valence-corrected chi connectivity index (χ3v) is 8.74. The fourth-order valence-corrected chi connectivity index (χ4v) is 5.75. The molecule has 188 valence electrons. The molecule has 3 aromatic carbocycles. The molecule has 0 saturated carbocycles. The summed E-state index contributed by atoms with van der Waals surface area (Å²) in [7, 11) is 0. The Bertz CT molecular complexity index is 1540. The van der Waals surface area contributed by atoms with Crippen molar-refractivity contribution in [3.8, 4) is 0 Å². The van der Waals surface area contributed by atoms with E-state index in [0.717, 1.165) is 28.0 Å². The van der Waals surface area contributed by atoms with Crippen LogP contribution in [0, 0.1) is 0 Å². The molecule has 37 heavy (non-hydrogen) atoms. The Labute approximate surface area is 219 Å². The van der Waals surface area contributed by atoms with Gasteiger partial charge >= 0.3 is 0 Å². The molecule has 2 atom stereocenters. The Morgan fingerprint density at radius 2 is 1.24 bits per heavy atom. The minimum atomic E-state index is 0.0192. The van der Waals surface area contributed by atoms with Crippen LogP contribution in [0.2, 0.25) is 0 Å². The second-order valence-electron chi connectivity index (χ2n) is 11.4. The highest BCUT2D eigenvalue weighted by molar-refractivity contribution is 5.99. The van der Waals surface area contributed by atoms with Crippen molar-refractivity contribution in [1.29, 1.82) is 0 Å². The molecule has 1 aromatic heterocycles. The zero-order valence-electron chi connectivity index (χ0n) is 22.4. The summed E-state index contributed by atoms with van der Waals surface area (Å²) < 4.78 is 6.30. The highest BCUT2D eigenvalue weighted by Gasteiger charge is 2.42. The second kappa shape index (κ2) is 8.34. The molecule has 0 amide bonds. The molecule has 0 aliphatic carbocycles. The van der Waals surface area contributed by atoms with E-state index in [2.05, 4.69) is 112 Å². The van der Waals surface area contributed by atoms with Crippen LogP contribution in [0.4, 0.5) is 11.4 Å². The van der Waals surface area contributed by atoms with Crippen LogP contribution < -0.4 is 10.0 Å². The molecular formula is C32H34N4O. The number of rotatable bonds is 4. The summed E-state index contributed by atoms with van der Waals surface area (Å²) in [5, 5.41) is 15.1. The van der Waals surface area contributed by atoms with Crippen LogP contribution >= 0.6 is 0 Å². The zero-order chi connectivity index (χ0) is 25.9. The van der Waals surface area contributed by atoms with Gasteiger partial charge in [0.15, 0.2) is 0 Å². The van der Waals surface area contributed by atoms with Gasteiger partial charge in [-0.2, -0.15) is 10.2 Å². The number of fused-ring (bicyclic) bond motifs is 3. The van der Waals surface area contributed by atoms with Crippen LogP contribution in [0.3, 0.4) is 0 Å². The molecule has 0 bridgehead atoms. The van der Waals surface area contributed by atoms with Gasteiger partial charge in [-0.3, -0.25) is 10.0 Å². The fourth-order valence-electron chi connectivity index (χ4n) is 5.75. The van der Waals surface area contributed by atoms with Crippen LogP contribution in [0.25, 0.3) is 11.0 Å². The number of furan rings is 1. The van der Waals surface area contributed by atoms with Crippen molar-refractivity contribution in [1.82, 2.24) is 0 Å². The number of hydrogen-bond donors (Lipinski definition) is 0. The van der Waals surface area contributed by atoms with Crippen molar-refractivity contribution in [3.63, 3.8) is 0 Å². The molecule has 5 nitrogen and oxygen atoms in total. The van der Waals surface area contributed by atoms with E-state index in [-0.39, 0.29) is 22.9 Å². The second-order valence-corrected chi connectivity index (χ2v) is 11.4. The lowest BCUT2D eigenvalue weighted by Crippen LogP contribution is -2.36. The van der Waals surface area contributed by atoms with Gasteiger partial charge in [0.25, 0.3) is 0 Å². The Balaban J connectivity index is 1.30. The number of hydrogen-bond acceptors (Lipinski definition) is 5. The third-order valence-electron chi connectivity index (χ3n) is 8.74. The van der Waals surface area contributed by atoms with E-state index in [1.54, 1.807) is 0 Å². The lowest BCUT2D eigenvalue weighted by atomic mass is 9.81. The first-order valence-corrected chi connectivity index (χ1v) is 13.1. The van der Waals surface area contributed by atoms with Gasteiger partial charge in [0.05, 0.1) is 35.9 Å². The highest BCUT2D eigenvalue weighted by Crippen LogP contribution is 2.46. The molecule has 2 aliphatic rings. The standard InChI is InChI=1S/C32H34N4O/c1-21-31(3,4)26-14-7-9-16-28(26)35(21)33-19-24-13-11-12-23-18-25(37-30(23)24)20-34-36-22(2)32(5,6)27-15-8-10-17-29(27)36/h7-22H,1-6H3. The fraction of sp³-hybridized carbons (Fsp3) is 0.312. The lowest BCUT2D eigenvalue weighted by molar-refractivity contribution is 0.446. The molecule has 2 aliphatic heterocycles. The van der Waals surface area contributed by atoms with Gasteiger partial charge in [-0.1, -0.05) is 76.2 Å². The summed E-state index contributed by atoms with van der Waals surface area (Å²) in [6.45, 7) is 13.6. The highest BCUT2D eigenvalue weighted by atomic mass is 16.3.